The topological polar surface area (TPSA) is 172 Å². The van der Waals surface area contributed by atoms with E-state index in [4.69, 9.17) is 15.0 Å². The van der Waals surface area contributed by atoms with Crippen LogP contribution in [-0.4, -0.2) is 56.9 Å². The SMILES string of the molecule is COC(=O)c1csc(-n2nc(-c3ccccc3)c(Cc3ccc(S(N)(=O)=O)cc3)c2Cc2nn[nH]n2)n1. The summed E-state index contributed by atoms with van der Waals surface area (Å²) in [5, 5.41) is 26.5. The van der Waals surface area contributed by atoms with Crippen LogP contribution in [0.15, 0.2) is 64.9 Å². The van der Waals surface area contributed by atoms with Crippen LogP contribution in [0.25, 0.3) is 16.4 Å². The molecule has 2 aromatic carbocycles. The van der Waals surface area contributed by atoms with Crippen LogP contribution in [0.2, 0.25) is 0 Å². The number of nitrogens with two attached hydrogens (primary N) is 1. The number of hydrogen-bond acceptors (Lipinski definition) is 10. The summed E-state index contributed by atoms with van der Waals surface area (Å²) < 4.78 is 29.9. The molecule has 0 unspecified atom stereocenters. The number of nitrogens with one attached hydrogen (secondary N) is 1. The van der Waals surface area contributed by atoms with Crippen molar-refractivity contribution in [2.45, 2.75) is 17.7 Å². The van der Waals surface area contributed by atoms with Crippen molar-refractivity contribution in [3.63, 3.8) is 0 Å². The Bertz CT molecular complexity index is 1640. The molecule has 5 aromatic rings. The van der Waals surface area contributed by atoms with Gasteiger partial charge in [-0.1, -0.05) is 47.7 Å². The molecular formula is C23H20N8O4S2. The summed E-state index contributed by atoms with van der Waals surface area (Å²) in [4.78, 5) is 16.5. The zero-order valence-corrected chi connectivity index (χ0v) is 21.0. The molecule has 3 N–H and O–H groups in total. The minimum Gasteiger partial charge on any atom is -0.464 e. The first-order chi connectivity index (χ1) is 17.8. The van der Waals surface area contributed by atoms with Gasteiger partial charge in [0.05, 0.1) is 29.8 Å². The van der Waals surface area contributed by atoms with Crippen LogP contribution < -0.4 is 5.14 Å². The molecule has 0 aliphatic rings. The van der Waals surface area contributed by atoms with Crippen LogP contribution >= 0.6 is 11.3 Å². The number of H-pyrrole nitrogens is 1. The fraction of sp³-hybridized carbons (Fsp3) is 0.130. The largest absolute Gasteiger partial charge is 0.464 e. The van der Waals surface area contributed by atoms with E-state index in [2.05, 4.69) is 25.6 Å². The van der Waals surface area contributed by atoms with Crippen molar-refractivity contribution in [1.29, 1.82) is 0 Å². The van der Waals surface area contributed by atoms with Gasteiger partial charge >= 0.3 is 5.97 Å². The summed E-state index contributed by atoms with van der Waals surface area (Å²) in [6, 6.07) is 16.0. The van der Waals surface area contributed by atoms with E-state index in [9.17, 15) is 13.2 Å². The Morgan fingerprint density at radius 3 is 2.51 bits per heavy atom. The minimum atomic E-state index is -3.81. The van der Waals surface area contributed by atoms with E-state index in [1.54, 1.807) is 22.2 Å². The van der Waals surface area contributed by atoms with Crippen molar-refractivity contribution in [3.05, 3.63) is 88.3 Å². The van der Waals surface area contributed by atoms with E-state index >= 15 is 0 Å². The van der Waals surface area contributed by atoms with Gasteiger partial charge in [0.1, 0.15) is 0 Å². The van der Waals surface area contributed by atoms with E-state index in [1.165, 1.54) is 30.6 Å². The van der Waals surface area contributed by atoms with Gasteiger partial charge < -0.3 is 4.74 Å². The van der Waals surface area contributed by atoms with Crippen LogP contribution in [0.1, 0.15) is 33.1 Å². The Morgan fingerprint density at radius 1 is 1.11 bits per heavy atom. The zero-order valence-electron chi connectivity index (χ0n) is 19.4. The third-order valence-electron chi connectivity index (χ3n) is 5.55. The molecule has 0 atom stereocenters. The minimum absolute atomic E-state index is 0.0281. The number of benzene rings is 2. The summed E-state index contributed by atoms with van der Waals surface area (Å²) in [5.41, 5.74) is 4.18. The van der Waals surface area contributed by atoms with Crippen molar-refractivity contribution < 1.29 is 17.9 Å². The quantitative estimate of drug-likeness (QED) is 0.282. The molecule has 0 bridgehead atoms. The van der Waals surface area contributed by atoms with Crippen molar-refractivity contribution >= 4 is 27.3 Å². The average molecular weight is 537 g/mol. The maximum atomic E-state index is 12.0. The molecule has 188 valence electrons. The van der Waals surface area contributed by atoms with Gasteiger partial charge in [0.2, 0.25) is 15.2 Å². The van der Waals surface area contributed by atoms with Gasteiger partial charge in [0, 0.05) is 22.9 Å². The summed E-state index contributed by atoms with van der Waals surface area (Å²) >= 11 is 1.25. The van der Waals surface area contributed by atoms with E-state index in [1.807, 2.05) is 30.3 Å². The van der Waals surface area contributed by atoms with Gasteiger partial charge in [0.25, 0.3) is 0 Å². The number of esters is 1. The Hall–Kier alpha value is -4.27. The lowest BCUT2D eigenvalue weighted by atomic mass is 9.98. The number of carbonyl (C=O) groups is 1. The zero-order chi connectivity index (χ0) is 26.0. The summed E-state index contributed by atoms with van der Waals surface area (Å²) in [7, 11) is -2.52. The van der Waals surface area contributed by atoms with Gasteiger partial charge in [-0.05, 0) is 17.7 Å². The molecule has 0 spiro atoms. The number of nitrogens with zero attached hydrogens (tertiary/aromatic N) is 6. The lowest BCUT2D eigenvalue weighted by molar-refractivity contribution is 0.0595. The molecule has 3 aromatic heterocycles. The van der Waals surface area contributed by atoms with Crippen molar-refractivity contribution in [3.8, 4) is 16.4 Å². The molecule has 0 amide bonds. The first-order valence-electron chi connectivity index (χ1n) is 10.9. The number of tetrazole rings is 1. The van der Waals surface area contributed by atoms with Crippen LogP contribution in [-0.2, 0) is 27.6 Å². The maximum absolute atomic E-state index is 12.0. The number of aromatic amines is 1. The molecule has 0 saturated carbocycles. The second-order valence-electron chi connectivity index (χ2n) is 7.93. The molecule has 14 heteroatoms. The number of sulfonamides is 1. The summed E-state index contributed by atoms with van der Waals surface area (Å²) in [6.07, 6.45) is 0.686. The Labute approximate surface area is 215 Å². The molecule has 0 fully saturated rings. The lowest BCUT2D eigenvalue weighted by Crippen LogP contribution is -2.12. The first kappa shape index (κ1) is 24.4. The average Bonchev–Trinajstić information content (AvgIpc) is 3.66. The molecule has 5 rings (SSSR count). The Morgan fingerprint density at radius 2 is 1.86 bits per heavy atom. The molecule has 37 heavy (non-hydrogen) atoms. The number of ether oxygens (including phenoxy) is 1. The van der Waals surface area contributed by atoms with E-state index in [-0.39, 0.29) is 17.0 Å². The molecule has 0 aliphatic carbocycles. The normalized spacial score (nSPS) is 11.5. The third-order valence-corrected chi connectivity index (χ3v) is 7.30. The first-order valence-corrected chi connectivity index (χ1v) is 13.3. The van der Waals surface area contributed by atoms with Crippen LogP contribution in [0.3, 0.4) is 0 Å². The second kappa shape index (κ2) is 10.0. The van der Waals surface area contributed by atoms with Gasteiger partial charge in [-0.15, -0.1) is 21.5 Å². The van der Waals surface area contributed by atoms with E-state index in [0.29, 0.717) is 23.1 Å². The number of methoxy groups -OCH3 is 1. The Kier molecular flexibility index (Phi) is 6.60. The summed E-state index contributed by atoms with van der Waals surface area (Å²) in [6.45, 7) is 0. The fourth-order valence-corrected chi connectivity index (χ4v) is 5.09. The van der Waals surface area contributed by atoms with E-state index < -0.39 is 16.0 Å². The van der Waals surface area contributed by atoms with Crippen molar-refractivity contribution in [1.82, 2.24) is 35.4 Å². The predicted molar refractivity (Wildman–Crippen MR) is 134 cm³/mol. The number of rotatable bonds is 8. The highest BCUT2D eigenvalue weighted by Crippen LogP contribution is 2.32. The van der Waals surface area contributed by atoms with Gasteiger partial charge in [-0.3, -0.25) is 0 Å². The molecule has 0 aliphatic heterocycles. The highest BCUT2D eigenvalue weighted by Gasteiger charge is 2.24. The molecule has 3 heterocycles. The highest BCUT2D eigenvalue weighted by atomic mass is 32.2. The number of hydrogen-bond donors (Lipinski definition) is 2. The van der Waals surface area contributed by atoms with Gasteiger partial charge in [0.15, 0.2) is 11.5 Å². The van der Waals surface area contributed by atoms with Crippen LogP contribution in [0.5, 0.6) is 0 Å². The molecule has 0 radical (unpaired) electrons. The fourth-order valence-electron chi connectivity index (χ4n) is 3.81. The molecule has 0 saturated heterocycles. The highest BCUT2D eigenvalue weighted by molar-refractivity contribution is 7.89. The monoisotopic (exact) mass is 536 g/mol. The standard InChI is InChI=1S/C23H20N8O4S2/c1-35-22(32)18-13-36-23(25-18)31-19(12-20-26-29-30-27-20)17(21(28-31)15-5-3-2-4-6-15)11-14-7-9-16(10-8-14)37(24,33)34/h2-10,13H,11-12H2,1H3,(H2,24,33,34)(H,26,27,29,30). The van der Waals surface area contributed by atoms with Gasteiger partial charge in [-0.2, -0.15) is 10.3 Å². The number of primary sulfonamides is 1. The van der Waals surface area contributed by atoms with Crippen LogP contribution in [0, 0.1) is 0 Å². The second-order valence-corrected chi connectivity index (χ2v) is 10.3. The number of thiazole rings is 1. The lowest BCUT2D eigenvalue weighted by Gasteiger charge is -2.08. The van der Waals surface area contributed by atoms with Crippen molar-refractivity contribution in [2.75, 3.05) is 7.11 Å². The summed E-state index contributed by atoms with van der Waals surface area (Å²) in [5.74, 6) is -0.107. The van der Waals surface area contributed by atoms with Gasteiger partial charge in [-0.25, -0.2) is 28.0 Å². The Balaban J connectivity index is 1.67. The smallest absolute Gasteiger partial charge is 0.357 e. The number of aromatic nitrogens is 7. The molecule has 12 nitrogen and oxygen atoms in total. The molecular weight excluding hydrogens is 516 g/mol. The third kappa shape index (κ3) is 5.16. The van der Waals surface area contributed by atoms with Crippen LogP contribution in [0.4, 0.5) is 0 Å². The predicted octanol–water partition coefficient (Wildman–Crippen LogP) is 2.12. The number of carbonyl (C=O) groups excluding carboxylic acids is 1. The van der Waals surface area contributed by atoms with Crippen molar-refractivity contribution in [2.24, 2.45) is 5.14 Å². The maximum Gasteiger partial charge on any atom is 0.357 e. The van der Waals surface area contributed by atoms with E-state index in [0.717, 1.165) is 22.4 Å².